The molecule has 0 aliphatic heterocycles. The average molecular weight is 280 g/mol. The highest BCUT2D eigenvalue weighted by atomic mass is 32.1. The molecular weight excluding hydrogens is 268 g/mol. The predicted molar refractivity (Wildman–Crippen MR) is 71.3 cm³/mol. The number of carboxylic acid groups (broad SMARTS) is 1. The molecule has 2 heterocycles. The number of hydrogen-bond donors (Lipinski definition) is 3. The maximum Gasteiger partial charge on any atom is 0.354 e. The van der Waals surface area contributed by atoms with Gasteiger partial charge in [0.05, 0.1) is 12.8 Å². The van der Waals surface area contributed by atoms with Crippen molar-refractivity contribution in [2.75, 3.05) is 12.4 Å². The van der Waals surface area contributed by atoms with Crippen LogP contribution in [0.4, 0.5) is 5.69 Å². The molecule has 2 aromatic heterocycles. The van der Waals surface area contributed by atoms with Gasteiger partial charge in [-0.2, -0.15) is 0 Å². The van der Waals surface area contributed by atoms with Gasteiger partial charge in [-0.1, -0.05) is 0 Å². The van der Waals surface area contributed by atoms with Gasteiger partial charge in [0.15, 0.2) is 0 Å². The van der Waals surface area contributed by atoms with Crippen LogP contribution in [-0.2, 0) is 0 Å². The van der Waals surface area contributed by atoms with Crippen molar-refractivity contribution >= 4 is 28.9 Å². The summed E-state index contributed by atoms with van der Waals surface area (Å²) < 4.78 is 5.05. The first-order chi connectivity index (χ1) is 9.02. The number of rotatable bonds is 4. The number of ether oxygens (including phenoxy) is 1. The highest BCUT2D eigenvalue weighted by molar-refractivity contribution is 7.12. The van der Waals surface area contributed by atoms with E-state index in [4.69, 9.17) is 9.84 Å². The third kappa shape index (κ3) is 2.60. The van der Waals surface area contributed by atoms with Crippen molar-refractivity contribution in [1.29, 1.82) is 0 Å². The fourth-order valence-corrected chi connectivity index (χ4v) is 2.41. The molecule has 0 bridgehead atoms. The summed E-state index contributed by atoms with van der Waals surface area (Å²) in [6.07, 6.45) is 0. The SMILES string of the molecule is COc1ccsc1C(=O)Nc1cc(C)[nH]c1C(=O)O. The number of aromatic amines is 1. The number of thiophene rings is 1. The monoisotopic (exact) mass is 280 g/mol. The Labute approximate surface area is 113 Å². The molecule has 0 aliphatic rings. The summed E-state index contributed by atoms with van der Waals surface area (Å²) in [7, 11) is 1.47. The van der Waals surface area contributed by atoms with E-state index in [9.17, 15) is 9.59 Å². The molecule has 3 N–H and O–H groups in total. The van der Waals surface area contributed by atoms with Gasteiger partial charge in [-0.3, -0.25) is 4.79 Å². The first-order valence-corrected chi connectivity index (χ1v) is 6.26. The van der Waals surface area contributed by atoms with Gasteiger partial charge in [-0.15, -0.1) is 11.3 Å². The molecule has 100 valence electrons. The van der Waals surface area contributed by atoms with Gasteiger partial charge in [-0.05, 0) is 24.4 Å². The normalized spacial score (nSPS) is 10.2. The predicted octanol–water partition coefficient (Wildman–Crippen LogP) is 2.34. The number of carbonyl (C=O) groups is 2. The molecular formula is C12H12N2O4S. The largest absolute Gasteiger partial charge is 0.495 e. The lowest BCUT2D eigenvalue weighted by Crippen LogP contribution is -2.13. The summed E-state index contributed by atoms with van der Waals surface area (Å²) in [6, 6.07) is 3.25. The van der Waals surface area contributed by atoms with E-state index < -0.39 is 11.9 Å². The average Bonchev–Trinajstić information content (AvgIpc) is 2.95. The molecule has 0 saturated heterocycles. The Bertz CT molecular complexity index is 629. The van der Waals surface area contributed by atoms with E-state index in [0.29, 0.717) is 16.3 Å². The van der Waals surface area contributed by atoms with E-state index >= 15 is 0 Å². The second-order valence-electron chi connectivity index (χ2n) is 3.82. The number of methoxy groups -OCH3 is 1. The van der Waals surface area contributed by atoms with Crippen LogP contribution in [-0.4, -0.2) is 29.1 Å². The number of carbonyl (C=O) groups excluding carboxylic acids is 1. The van der Waals surface area contributed by atoms with Crippen molar-refractivity contribution in [2.45, 2.75) is 6.92 Å². The highest BCUT2D eigenvalue weighted by Crippen LogP contribution is 2.26. The van der Waals surface area contributed by atoms with Gasteiger partial charge in [0.2, 0.25) is 0 Å². The zero-order valence-electron chi connectivity index (χ0n) is 10.3. The minimum Gasteiger partial charge on any atom is -0.495 e. The number of H-pyrrole nitrogens is 1. The summed E-state index contributed by atoms with van der Waals surface area (Å²) in [5.74, 6) is -1.05. The van der Waals surface area contributed by atoms with E-state index in [1.54, 1.807) is 24.4 Å². The molecule has 7 heteroatoms. The number of amides is 1. The first-order valence-electron chi connectivity index (χ1n) is 5.38. The lowest BCUT2D eigenvalue weighted by Gasteiger charge is -2.04. The molecule has 2 rings (SSSR count). The third-order valence-electron chi connectivity index (χ3n) is 2.47. The van der Waals surface area contributed by atoms with Crippen molar-refractivity contribution in [2.24, 2.45) is 0 Å². The van der Waals surface area contributed by atoms with Crippen LogP contribution >= 0.6 is 11.3 Å². The van der Waals surface area contributed by atoms with Crippen LogP contribution in [0.1, 0.15) is 25.9 Å². The number of nitrogens with one attached hydrogen (secondary N) is 2. The zero-order chi connectivity index (χ0) is 14.0. The van der Waals surface area contributed by atoms with E-state index in [1.807, 2.05) is 0 Å². The number of carboxylic acids is 1. The second kappa shape index (κ2) is 5.15. The molecule has 0 aromatic carbocycles. The van der Waals surface area contributed by atoms with Crippen LogP contribution in [0.25, 0.3) is 0 Å². The maximum atomic E-state index is 12.1. The summed E-state index contributed by atoms with van der Waals surface area (Å²) in [5.41, 5.74) is 0.859. The quantitative estimate of drug-likeness (QED) is 0.801. The van der Waals surface area contributed by atoms with Crippen molar-refractivity contribution in [3.8, 4) is 5.75 Å². The van der Waals surface area contributed by atoms with Gasteiger partial charge in [-0.25, -0.2) is 4.79 Å². The fourth-order valence-electron chi connectivity index (χ4n) is 1.66. The van der Waals surface area contributed by atoms with E-state index in [-0.39, 0.29) is 11.4 Å². The molecule has 1 amide bonds. The van der Waals surface area contributed by atoms with Crippen LogP contribution in [0.5, 0.6) is 5.75 Å². The minimum atomic E-state index is -1.12. The van der Waals surface area contributed by atoms with Crippen LogP contribution < -0.4 is 10.1 Å². The van der Waals surface area contributed by atoms with E-state index in [0.717, 1.165) is 0 Å². The molecule has 0 spiro atoms. The lowest BCUT2D eigenvalue weighted by atomic mass is 10.3. The van der Waals surface area contributed by atoms with Gasteiger partial charge in [0.1, 0.15) is 16.3 Å². The fraction of sp³-hybridized carbons (Fsp3) is 0.167. The van der Waals surface area contributed by atoms with Crippen molar-refractivity contribution in [1.82, 2.24) is 4.98 Å². The number of aryl methyl sites for hydroxylation is 1. The summed E-state index contributed by atoms with van der Waals surface area (Å²) in [6.45, 7) is 1.72. The van der Waals surface area contributed by atoms with E-state index in [2.05, 4.69) is 10.3 Å². The van der Waals surface area contributed by atoms with Gasteiger partial charge in [0.25, 0.3) is 5.91 Å². The Morgan fingerprint density at radius 2 is 2.21 bits per heavy atom. The summed E-state index contributed by atoms with van der Waals surface area (Å²) >= 11 is 1.23. The van der Waals surface area contributed by atoms with Crippen molar-refractivity contribution in [3.05, 3.63) is 33.8 Å². The van der Waals surface area contributed by atoms with Crippen molar-refractivity contribution < 1.29 is 19.4 Å². The third-order valence-corrected chi connectivity index (χ3v) is 3.36. The molecule has 6 nitrogen and oxygen atoms in total. The molecule has 0 aliphatic carbocycles. The molecule has 0 unspecified atom stereocenters. The number of aromatic carboxylic acids is 1. The highest BCUT2D eigenvalue weighted by Gasteiger charge is 2.19. The van der Waals surface area contributed by atoms with Crippen LogP contribution in [0.2, 0.25) is 0 Å². The first kappa shape index (κ1) is 13.2. The van der Waals surface area contributed by atoms with Crippen LogP contribution in [0.3, 0.4) is 0 Å². The molecule has 19 heavy (non-hydrogen) atoms. The Morgan fingerprint density at radius 1 is 1.47 bits per heavy atom. The van der Waals surface area contributed by atoms with E-state index in [1.165, 1.54) is 18.4 Å². The molecule has 0 saturated carbocycles. The lowest BCUT2D eigenvalue weighted by molar-refractivity contribution is 0.0692. The summed E-state index contributed by atoms with van der Waals surface area (Å²) in [4.78, 5) is 26.2. The Kier molecular flexibility index (Phi) is 3.57. The Balaban J connectivity index is 2.26. The van der Waals surface area contributed by atoms with Crippen LogP contribution in [0.15, 0.2) is 17.5 Å². The zero-order valence-corrected chi connectivity index (χ0v) is 11.1. The van der Waals surface area contributed by atoms with Crippen molar-refractivity contribution in [3.63, 3.8) is 0 Å². The topological polar surface area (TPSA) is 91.4 Å². The Morgan fingerprint density at radius 3 is 2.84 bits per heavy atom. The molecule has 2 aromatic rings. The van der Waals surface area contributed by atoms with Crippen LogP contribution in [0, 0.1) is 6.92 Å². The van der Waals surface area contributed by atoms with Gasteiger partial charge < -0.3 is 20.1 Å². The minimum absolute atomic E-state index is 0.0404. The molecule has 0 radical (unpaired) electrons. The number of anilines is 1. The molecule has 0 atom stereocenters. The second-order valence-corrected chi connectivity index (χ2v) is 4.73. The Hall–Kier alpha value is -2.28. The number of hydrogen-bond acceptors (Lipinski definition) is 4. The van der Waals surface area contributed by atoms with Gasteiger partial charge in [0, 0.05) is 5.69 Å². The number of aromatic nitrogens is 1. The molecule has 0 fully saturated rings. The maximum absolute atomic E-state index is 12.1. The smallest absolute Gasteiger partial charge is 0.354 e. The standard InChI is InChI=1S/C12H12N2O4S/c1-6-5-7(9(13-6)12(16)17)14-11(15)10-8(18-2)3-4-19-10/h3-5,13H,1-2H3,(H,14,15)(H,16,17). The van der Waals surface area contributed by atoms with Gasteiger partial charge >= 0.3 is 5.97 Å². The summed E-state index contributed by atoms with van der Waals surface area (Å²) in [5, 5.41) is 13.3.